The van der Waals surface area contributed by atoms with Crippen molar-refractivity contribution < 1.29 is 4.79 Å². The van der Waals surface area contributed by atoms with E-state index in [1.54, 1.807) is 33.6 Å². The summed E-state index contributed by atoms with van der Waals surface area (Å²) in [7, 11) is 0. The summed E-state index contributed by atoms with van der Waals surface area (Å²) < 4.78 is 1.76. The maximum Gasteiger partial charge on any atom is 0.255 e. The number of carbonyl (C=O) groups is 1. The first-order valence-corrected chi connectivity index (χ1v) is 10.0. The second-order valence-corrected chi connectivity index (χ2v) is 7.79. The van der Waals surface area contributed by atoms with Crippen LogP contribution in [0.25, 0.3) is 16.3 Å². The van der Waals surface area contributed by atoms with Crippen LogP contribution in [-0.4, -0.2) is 15.7 Å². The minimum atomic E-state index is -0.114. The van der Waals surface area contributed by atoms with E-state index in [2.05, 4.69) is 10.4 Å². The van der Waals surface area contributed by atoms with Crippen LogP contribution >= 0.6 is 22.7 Å². The van der Waals surface area contributed by atoms with Gasteiger partial charge in [0.25, 0.3) is 5.91 Å². The molecule has 1 aromatic carbocycles. The summed E-state index contributed by atoms with van der Waals surface area (Å²) >= 11 is 3.22. The van der Waals surface area contributed by atoms with E-state index in [-0.39, 0.29) is 11.9 Å². The van der Waals surface area contributed by atoms with Crippen LogP contribution in [0.4, 0.5) is 0 Å². The predicted molar refractivity (Wildman–Crippen MR) is 107 cm³/mol. The van der Waals surface area contributed by atoms with E-state index in [1.807, 2.05) is 72.3 Å². The summed E-state index contributed by atoms with van der Waals surface area (Å²) in [6, 6.07) is 17.8. The topological polar surface area (TPSA) is 46.9 Å². The third-order valence-electron chi connectivity index (χ3n) is 4.05. The second kappa shape index (κ2) is 7.27. The lowest BCUT2D eigenvalue weighted by Gasteiger charge is -2.11. The van der Waals surface area contributed by atoms with E-state index >= 15 is 0 Å². The predicted octanol–water partition coefficient (Wildman–Crippen LogP) is 5.15. The summed E-state index contributed by atoms with van der Waals surface area (Å²) in [6.07, 6.45) is 1.81. The summed E-state index contributed by atoms with van der Waals surface area (Å²) in [5.41, 5.74) is 2.22. The third-order valence-corrected chi connectivity index (χ3v) is 5.98. The molecule has 4 aromatic rings. The first-order chi connectivity index (χ1) is 12.7. The van der Waals surface area contributed by atoms with E-state index in [1.165, 1.54) is 0 Å². The first kappa shape index (κ1) is 16.8. The van der Waals surface area contributed by atoms with Crippen molar-refractivity contribution in [3.8, 4) is 16.3 Å². The highest BCUT2D eigenvalue weighted by molar-refractivity contribution is 7.13. The summed E-state index contributed by atoms with van der Waals surface area (Å²) in [6.45, 7) is 2.00. The van der Waals surface area contributed by atoms with E-state index in [0.29, 0.717) is 11.3 Å². The highest BCUT2D eigenvalue weighted by Crippen LogP contribution is 2.28. The van der Waals surface area contributed by atoms with Crippen LogP contribution in [0, 0.1) is 0 Å². The molecule has 0 fully saturated rings. The van der Waals surface area contributed by atoms with Gasteiger partial charge in [0.05, 0.1) is 22.2 Å². The Morgan fingerprint density at radius 3 is 2.50 bits per heavy atom. The number of amides is 1. The van der Waals surface area contributed by atoms with Crippen LogP contribution in [-0.2, 0) is 0 Å². The minimum absolute atomic E-state index is 0.0428. The van der Waals surface area contributed by atoms with Crippen LogP contribution < -0.4 is 5.32 Å². The summed E-state index contributed by atoms with van der Waals surface area (Å²) in [5, 5.41) is 11.8. The van der Waals surface area contributed by atoms with Gasteiger partial charge in [-0.1, -0.05) is 30.3 Å². The second-order valence-electron chi connectivity index (χ2n) is 5.86. The average Bonchev–Trinajstić information content (AvgIpc) is 3.43. The molecule has 1 N–H and O–H groups in total. The zero-order chi connectivity index (χ0) is 17.9. The normalized spacial score (nSPS) is 12.0. The third kappa shape index (κ3) is 3.34. The zero-order valence-electron chi connectivity index (χ0n) is 14.1. The Morgan fingerprint density at radius 2 is 1.81 bits per heavy atom. The highest BCUT2D eigenvalue weighted by atomic mass is 32.1. The minimum Gasteiger partial charge on any atom is -0.345 e. The van der Waals surface area contributed by atoms with Gasteiger partial charge in [-0.3, -0.25) is 4.79 Å². The molecule has 3 aromatic heterocycles. The quantitative estimate of drug-likeness (QED) is 0.521. The van der Waals surface area contributed by atoms with Crippen molar-refractivity contribution in [3.05, 3.63) is 82.0 Å². The Morgan fingerprint density at radius 1 is 1.04 bits per heavy atom. The van der Waals surface area contributed by atoms with Crippen molar-refractivity contribution in [1.82, 2.24) is 15.1 Å². The Hall–Kier alpha value is -2.70. The maximum atomic E-state index is 13.0. The molecule has 6 heteroatoms. The van der Waals surface area contributed by atoms with Crippen LogP contribution in [0.5, 0.6) is 0 Å². The van der Waals surface area contributed by atoms with Crippen molar-refractivity contribution >= 4 is 28.6 Å². The van der Waals surface area contributed by atoms with Gasteiger partial charge in [-0.25, -0.2) is 4.68 Å². The van der Waals surface area contributed by atoms with Crippen molar-refractivity contribution in [2.75, 3.05) is 0 Å². The van der Waals surface area contributed by atoms with Gasteiger partial charge in [-0.05, 0) is 41.9 Å². The number of carbonyl (C=O) groups excluding carboxylic acids is 1. The lowest BCUT2D eigenvalue weighted by Crippen LogP contribution is -2.26. The summed E-state index contributed by atoms with van der Waals surface area (Å²) in [5.74, 6) is -0.114. The fourth-order valence-corrected chi connectivity index (χ4v) is 4.19. The van der Waals surface area contributed by atoms with E-state index < -0.39 is 0 Å². The molecular weight excluding hydrogens is 362 g/mol. The van der Waals surface area contributed by atoms with Crippen LogP contribution in [0.2, 0.25) is 0 Å². The van der Waals surface area contributed by atoms with Gasteiger partial charge in [0, 0.05) is 11.1 Å². The molecular formula is C20H17N3OS2. The van der Waals surface area contributed by atoms with Gasteiger partial charge in [-0.15, -0.1) is 22.7 Å². The number of hydrogen-bond donors (Lipinski definition) is 1. The number of rotatable bonds is 5. The molecule has 130 valence electrons. The number of nitrogens with one attached hydrogen (secondary N) is 1. The number of para-hydroxylation sites is 1. The van der Waals surface area contributed by atoms with E-state index in [9.17, 15) is 4.79 Å². The monoisotopic (exact) mass is 379 g/mol. The molecule has 0 bridgehead atoms. The molecule has 4 nitrogen and oxygen atoms in total. The largest absolute Gasteiger partial charge is 0.345 e. The van der Waals surface area contributed by atoms with Crippen molar-refractivity contribution in [3.63, 3.8) is 0 Å². The molecule has 0 aliphatic carbocycles. The van der Waals surface area contributed by atoms with Gasteiger partial charge in [-0.2, -0.15) is 5.10 Å². The number of thiophene rings is 2. The molecule has 1 amide bonds. The molecule has 0 saturated heterocycles. The van der Waals surface area contributed by atoms with Crippen molar-refractivity contribution in [2.45, 2.75) is 13.0 Å². The molecule has 0 radical (unpaired) electrons. The van der Waals surface area contributed by atoms with Gasteiger partial charge in [0.2, 0.25) is 0 Å². The zero-order valence-corrected chi connectivity index (χ0v) is 15.8. The molecule has 0 unspecified atom stereocenters. The molecule has 0 aliphatic rings. The number of aromatic nitrogens is 2. The molecule has 3 heterocycles. The van der Waals surface area contributed by atoms with E-state index in [4.69, 9.17) is 0 Å². The standard InChI is InChI=1S/C20H17N3OS2/c1-14(17-9-5-11-25-17)21-20(24)16-13-23(15-7-3-2-4-8-15)22-19(16)18-10-6-12-26-18/h2-14H,1H3,(H,21,24)/t14-/m0/s1. The molecule has 1 atom stereocenters. The molecule has 4 rings (SSSR count). The molecule has 0 saturated carbocycles. The van der Waals surface area contributed by atoms with Crippen LogP contribution in [0.1, 0.15) is 28.2 Å². The van der Waals surface area contributed by atoms with Gasteiger partial charge < -0.3 is 5.32 Å². The fourth-order valence-electron chi connectivity index (χ4n) is 2.73. The molecule has 0 aliphatic heterocycles. The lowest BCUT2D eigenvalue weighted by molar-refractivity contribution is 0.0941. The average molecular weight is 380 g/mol. The smallest absolute Gasteiger partial charge is 0.255 e. The highest BCUT2D eigenvalue weighted by Gasteiger charge is 2.21. The Balaban J connectivity index is 1.70. The van der Waals surface area contributed by atoms with E-state index in [0.717, 1.165) is 15.4 Å². The van der Waals surface area contributed by atoms with Gasteiger partial charge in [0.1, 0.15) is 5.69 Å². The summed E-state index contributed by atoms with van der Waals surface area (Å²) in [4.78, 5) is 15.1. The van der Waals surface area contributed by atoms with Crippen LogP contribution in [0.3, 0.4) is 0 Å². The molecule has 26 heavy (non-hydrogen) atoms. The van der Waals surface area contributed by atoms with Crippen LogP contribution in [0.15, 0.2) is 71.6 Å². The van der Waals surface area contributed by atoms with Crippen molar-refractivity contribution in [1.29, 1.82) is 0 Å². The number of benzene rings is 1. The lowest BCUT2D eigenvalue weighted by atomic mass is 10.2. The number of nitrogens with zero attached hydrogens (tertiary/aromatic N) is 2. The Kier molecular flexibility index (Phi) is 4.69. The first-order valence-electron chi connectivity index (χ1n) is 8.25. The Bertz CT molecular complexity index is 989. The number of hydrogen-bond acceptors (Lipinski definition) is 4. The Labute approximate surface area is 159 Å². The van der Waals surface area contributed by atoms with Gasteiger partial charge >= 0.3 is 0 Å². The van der Waals surface area contributed by atoms with Crippen molar-refractivity contribution in [2.24, 2.45) is 0 Å². The maximum absolute atomic E-state index is 13.0. The molecule has 0 spiro atoms. The SMILES string of the molecule is C[C@H](NC(=O)c1cn(-c2ccccc2)nc1-c1cccs1)c1cccs1. The fraction of sp³-hybridized carbons (Fsp3) is 0.100. The van der Waals surface area contributed by atoms with Gasteiger partial charge in [0.15, 0.2) is 0 Å².